The number of aromatic hydroxyl groups is 1. The van der Waals surface area contributed by atoms with E-state index in [4.69, 9.17) is 29.8 Å². The monoisotopic (exact) mass is 786 g/mol. The summed E-state index contributed by atoms with van der Waals surface area (Å²) in [6.45, 7) is 2.08. The molecule has 1 aliphatic heterocycles. The van der Waals surface area contributed by atoms with Crippen molar-refractivity contribution >= 4 is 29.6 Å². The summed E-state index contributed by atoms with van der Waals surface area (Å²) in [5.74, 6) is -1.96. The second kappa shape index (κ2) is 19.5. The third-order valence-electron chi connectivity index (χ3n) is 9.92. The van der Waals surface area contributed by atoms with Crippen LogP contribution >= 0.6 is 0 Å². The molecule has 1 unspecified atom stereocenters. The average Bonchev–Trinajstić information content (AvgIpc) is 3.16. The molecule has 13 nitrogen and oxygen atoms in total. The van der Waals surface area contributed by atoms with E-state index in [0.29, 0.717) is 46.9 Å². The van der Waals surface area contributed by atoms with Gasteiger partial charge in [0.1, 0.15) is 30.6 Å². The fourth-order valence-electron chi connectivity index (χ4n) is 7.10. The highest BCUT2D eigenvalue weighted by atomic mass is 19.4. The number of hydrogen-bond donors (Lipinski definition) is 3. The molecule has 0 bridgehead atoms. The fraction of sp³-hybridized carbons (Fsp3) is 0.450. The number of methoxy groups -OCH3 is 2. The highest BCUT2D eigenvalue weighted by Crippen LogP contribution is 2.31. The lowest BCUT2D eigenvalue weighted by atomic mass is 9.89. The number of phenols is 1. The Balaban J connectivity index is 0.000000908. The number of halogens is 3. The smallest absolute Gasteiger partial charge is 0.430 e. The van der Waals surface area contributed by atoms with Crippen molar-refractivity contribution in [3.05, 3.63) is 77.9 Å². The molecular formula is C40H49F3N4O9. The van der Waals surface area contributed by atoms with Gasteiger partial charge in [0.25, 0.3) is 0 Å². The minimum absolute atomic E-state index is 0.0789. The van der Waals surface area contributed by atoms with Gasteiger partial charge in [0, 0.05) is 11.3 Å². The van der Waals surface area contributed by atoms with Gasteiger partial charge in [-0.2, -0.15) is 13.2 Å². The van der Waals surface area contributed by atoms with Crippen LogP contribution in [0.5, 0.6) is 23.0 Å². The van der Waals surface area contributed by atoms with Crippen molar-refractivity contribution in [2.24, 2.45) is 11.7 Å². The van der Waals surface area contributed by atoms with Gasteiger partial charge >= 0.3 is 18.2 Å². The summed E-state index contributed by atoms with van der Waals surface area (Å²) in [5, 5.41) is 21.4. The number of carboxylic acid groups (broad SMARTS) is 1. The standard InChI is InChI=1S/C38H48N4O7.C2HF3O2/c1-42(24-27-13-20-34(47-2)35(23-27)48-3)21-7-10-30(25-42)41(36(44)33(39)22-26-11-16-31(43)17-12-26)38(46)40-29-14-18-32(19-15-29)49-37(45)28-8-5-4-6-9-28;3-2(4,5)1(6)7/h11-20,23,28,30,33H,4-10,21-22,24-25,39H2,1-3H3,(H-,40,43,46);(H,6,7)/t30-,33-,42?;/m0./s1. The van der Waals surface area contributed by atoms with Crippen LogP contribution in [0.15, 0.2) is 66.7 Å². The summed E-state index contributed by atoms with van der Waals surface area (Å²) in [6.07, 6.45) is 1.37. The van der Waals surface area contributed by atoms with Crippen LogP contribution in [0.4, 0.5) is 23.7 Å². The SMILES string of the molecule is COc1ccc(C[N+]2(C)CCC[C@H](N(C(=O)Nc3ccc(OC(=O)C4CCCCC4)cc3)C(=O)[C@@H](N)Cc3ccc(O)cc3)C2)cc1OC.O=C([O-])C(F)(F)F. The molecule has 16 heteroatoms. The molecule has 3 aromatic carbocycles. The van der Waals surface area contributed by atoms with Gasteiger partial charge in [0.05, 0.1) is 45.8 Å². The number of nitrogens with two attached hydrogens (primary N) is 1. The molecule has 0 radical (unpaired) electrons. The van der Waals surface area contributed by atoms with Crippen LogP contribution < -0.4 is 30.4 Å². The van der Waals surface area contributed by atoms with Gasteiger partial charge in [0.2, 0.25) is 5.91 Å². The number of anilines is 1. The van der Waals surface area contributed by atoms with Gasteiger partial charge in [-0.1, -0.05) is 31.4 Å². The third-order valence-corrected chi connectivity index (χ3v) is 9.92. The molecule has 5 rings (SSSR count). The summed E-state index contributed by atoms with van der Waals surface area (Å²) in [5.41, 5.74) is 8.78. The number of likely N-dealkylation sites (tertiary alicyclic amines) is 1. The highest BCUT2D eigenvalue weighted by molar-refractivity contribution is 6.03. The lowest BCUT2D eigenvalue weighted by Crippen LogP contribution is -2.62. The molecule has 3 atom stereocenters. The molecule has 3 amide bonds. The Morgan fingerprint density at radius 1 is 0.911 bits per heavy atom. The van der Waals surface area contributed by atoms with E-state index < -0.39 is 36.2 Å². The minimum Gasteiger partial charge on any atom is -0.542 e. The van der Waals surface area contributed by atoms with E-state index in [1.165, 1.54) is 4.90 Å². The Kier molecular flexibility index (Phi) is 15.1. The number of benzene rings is 3. The van der Waals surface area contributed by atoms with Gasteiger partial charge in [-0.15, -0.1) is 0 Å². The normalized spacial score (nSPS) is 19.0. The Hall–Kier alpha value is -5.35. The Morgan fingerprint density at radius 3 is 2.11 bits per heavy atom. The second-order valence-electron chi connectivity index (χ2n) is 14.4. The quantitative estimate of drug-likeness (QED) is 0.137. The van der Waals surface area contributed by atoms with E-state index in [9.17, 15) is 32.7 Å². The number of nitrogens with one attached hydrogen (secondary N) is 1. The zero-order chi connectivity index (χ0) is 41.0. The lowest BCUT2D eigenvalue weighted by Gasteiger charge is -2.44. The fourth-order valence-corrected chi connectivity index (χ4v) is 7.10. The van der Waals surface area contributed by atoms with E-state index in [1.807, 2.05) is 18.2 Å². The highest BCUT2D eigenvalue weighted by Gasteiger charge is 2.41. The van der Waals surface area contributed by atoms with E-state index >= 15 is 0 Å². The van der Waals surface area contributed by atoms with Crippen LogP contribution in [0.3, 0.4) is 0 Å². The van der Waals surface area contributed by atoms with Crippen LogP contribution in [0, 0.1) is 5.92 Å². The molecule has 3 aromatic rings. The maximum Gasteiger partial charge on any atom is 0.430 e. The number of carboxylic acids is 1. The van der Waals surface area contributed by atoms with Crippen molar-refractivity contribution in [1.29, 1.82) is 0 Å². The number of aliphatic carboxylic acids is 1. The number of carbonyl (C=O) groups is 4. The molecule has 4 N–H and O–H groups in total. The van der Waals surface area contributed by atoms with Crippen molar-refractivity contribution in [3.8, 4) is 23.0 Å². The van der Waals surface area contributed by atoms with Gasteiger partial charge in [-0.3, -0.25) is 14.5 Å². The summed E-state index contributed by atoms with van der Waals surface area (Å²) in [4.78, 5) is 50.8. The first kappa shape index (κ1) is 43.4. The number of urea groups is 1. The third kappa shape index (κ3) is 12.3. The number of alkyl halides is 3. The number of ether oxygens (including phenoxy) is 3. The number of esters is 1. The van der Waals surface area contributed by atoms with Crippen molar-refractivity contribution < 1.29 is 61.3 Å². The minimum atomic E-state index is -5.19. The number of likely N-dealkylation sites (N-methyl/N-ethyl adjacent to an activating group) is 1. The van der Waals surface area contributed by atoms with E-state index in [0.717, 1.165) is 56.2 Å². The molecule has 2 aliphatic rings. The zero-order valence-corrected chi connectivity index (χ0v) is 31.7. The zero-order valence-electron chi connectivity index (χ0n) is 31.7. The number of piperidine rings is 1. The van der Waals surface area contributed by atoms with Crippen molar-refractivity contribution in [1.82, 2.24) is 4.90 Å². The number of quaternary nitrogens is 1. The van der Waals surface area contributed by atoms with E-state index in [2.05, 4.69) is 12.4 Å². The number of hydrogen-bond acceptors (Lipinski definition) is 10. The summed E-state index contributed by atoms with van der Waals surface area (Å²) in [6, 6.07) is 17.1. The lowest BCUT2D eigenvalue weighted by molar-refractivity contribution is -0.928. The molecule has 2 fully saturated rings. The number of nitrogens with zero attached hydrogens (tertiary/aromatic N) is 2. The number of phenolic OH excluding ortho intramolecular Hbond substituents is 1. The van der Waals surface area contributed by atoms with Crippen LogP contribution in [0.2, 0.25) is 0 Å². The molecule has 0 spiro atoms. The molecule has 1 saturated carbocycles. The molecular weight excluding hydrogens is 737 g/mol. The molecule has 304 valence electrons. The number of amides is 3. The van der Waals surface area contributed by atoms with Crippen molar-refractivity contribution in [3.63, 3.8) is 0 Å². The second-order valence-corrected chi connectivity index (χ2v) is 14.4. The molecule has 1 saturated heterocycles. The topological polar surface area (TPSA) is 181 Å². The van der Waals surface area contributed by atoms with Crippen LogP contribution in [0.1, 0.15) is 56.1 Å². The first-order chi connectivity index (χ1) is 26.5. The van der Waals surface area contributed by atoms with E-state index in [-0.39, 0.29) is 24.1 Å². The molecule has 0 aromatic heterocycles. The summed E-state index contributed by atoms with van der Waals surface area (Å²) >= 11 is 0. The number of carbonyl (C=O) groups excluding carboxylic acids is 4. The van der Waals surface area contributed by atoms with Crippen molar-refractivity contribution in [2.75, 3.05) is 39.7 Å². The summed E-state index contributed by atoms with van der Waals surface area (Å²) < 4.78 is 48.7. The molecule has 1 aliphatic carbocycles. The van der Waals surface area contributed by atoms with Gasteiger partial charge < -0.3 is 44.8 Å². The molecule has 1 heterocycles. The Labute approximate surface area is 323 Å². The largest absolute Gasteiger partial charge is 0.542 e. The van der Waals surface area contributed by atoms with Crippen molar-refractivity contribution in [2.45, 2.75) is 76.2 Å². The average molecular weight is 787 g/mol. The van der Waals surface area contributed by atoms with Gasteiger partial charge in [-0.25, -0.2) is 4.79 Å². The maximum atomic E-state index is 14.1. The van der Waals surface area contributed by atoms with Crippen LogP contribution in [0.25, 0.3) is 0 Å². The predicted molar refractivity (Wildman–Crippen MR) is 198 cm³/mol. The maximum absolute atomic E-state index is 14.1. The number of rotatable bonds is 11. The first-order valence-electron chi connectivity index (χ1n) is 18.3. The van der Waals surface area contributed by atoms with Gasteiger partial charge in [-0.05, 0) is 92.3 Å². The van der Waals surface area contributed by atoms with E-state index in [1.54, 1.807) is 62.8 Å². The predicted octanol–water partition coefficient (Wildman–Crippen LogP) is 4.93. The Bertz CT molecular complexity index is 1800. The molecule has 56 heavy (non-hydrogen) atoms. The summed E-state index contributed by atoms with van der Waals surface area (Å²) in [7, 11) is 5.34. The van der Waals surface area contributed by atoms with Crippen LogP contribution in [-0.2, 0) is 27.3 Å². The van der Waals surface area contributed by atoms with Crippen LogP contribution in [-0.4, -0.2) is 91.0 Å². The first-order valence-corrected chi connectivity index (χ1v) is 18.3. The number of imide groups is 1. The van der Waals surface area contributed by atoms with Gasteiger partial charge in [0.15, 0.2) is 11.5 Å². The Morgan fingerprint density at radius 2 is 1.52 bits per heavy atom.